The average molecular weight is 443 g/mol. The van der Waals surface area contributed by atoms with Crippen molar-refractivity contribution < 1.29 is 9.47 Å². The van der Waals surface area contributed by atoms with Crippen molar-refractivity contribution in [3.05, 3.63) is 41.7 Å². The quantitative estimate of drug-likeness (QED) is 0.429. The predicted octanol–water partition coefficient (Wildman–Crippen LogP) is 4.06. The molecule has 168 valence electrons. The first-order chi connectivity index (χ1) is 15.3. The fraction of sp³-hybridized carbons (Fsp3) is 0.583. The fourth-order valence-corrected chi connectivity index (χ4v) is 5.51. The van der Waals surface area contributed by atoms with E-state index in [0.29, 0.717) is 5.92 Å². The molecule has 0 radical (unpaired) electrons. The van der Waals surface area contributed by atoms with Gasteiger partial charge in [-0.3, -0.25) is 4.90 Å². The van der Waals surface area contributed by atoms with Crippen LogP contribution in [0.15, 0.2) is 35.6 Å². The van der Waals surface area contributed by atoms with Gasteiger partial charge in [0.25, 0.3) is 0 Å². The molecule has 1 aromatic carbocycles. The zero-order valence-electron chi connectivity index (χ0n) is 18.8. The minimum atomic E-state index is 0.440. The van der Waals surface area contributed by atoms with Crippen LogP contribution < -0.4 is 9.47 Å². The van der Waals surface area contributed by atoms with E-state index in [4.69, 9.17) is 14.5 Å². The van der Waals surface area contributed by atoms with Gasteiger partial charge in [-0.15, -0.1) is 0 Å². The van der Waals surface area contributed by atoms with Gasteiger partial charge in [0.1, 0.15) is 11.5 Å². The molecule has 2 saturated heterocycles. The van der Waals surface area contributed by atoms with Crippen LogP contribution >= 0.6 is 11.8 Å². The maximum Gasteiger partial charge on any atom is 0.187 e. The third-order valence-electron chi connectivity index (χ3n) is 6.33. The second kappa shape index (κ2) is 11.2. The number of hydrogen-bond donors (Lipinski definition) is 0. The monoisotopic (exact) mass is 442 g/mol. The lowest BCUT2D eigenvalue weighted by Crippen LogP contribution is -2.34. The van der Waals surface area contributed by atoms with Crippen molar-refractivity contribution in [1.29, 1.82) is 0 Å². The Morgan fingerprint density at radius 1 is 1.00 bits per heavy atom. The Balaban J connectivity index is 1.37. The van der Waals surface area contributed by atoms with E-state index in [0.717, 1.165) is 54.2 Å². The highest BCUT2D eigenvalue weighted by Gasteiger charge is 2.24. The zero-order valence-corrected chi connectivity index (χ0v) is 19.6. The lowest BCUT2D eigenvalue weighted by atomic mass is 9.94. The van der Waals surface area contributed by atoms with E-state index in [2.05, 4.69) is 20.9 Å². The highest BCUT2D eigenvalue weighted by atomic mass is 32.2. The standard InChI is InChI=1S/C24H34N4O2S/c1-29-22-8-5-9-23(30-2)20(22)18-28-14-6-7-19(17-28)21-10-11-25-24(26-21)31-16-15-27-12-3-4-13-27/h5,8-11,19H,3-4,6-7,12-18H2,1-2H3. The summed E-state index contributed by atoms with van der Waals surface area (Å²) in [4.78, 5) is 14.5. The van der Waals surface area contributed by atoms with Crippen LogP contribution in [0.25, 0.3) is 0 Å². The van der Waals surface area contributed by atoms with Crippen molar-refractivity contribution in [2.45, 2.75) is 43.3 Å². The molecular weight excluding hydrogens is 408 g/mol. The number of hydrogen-bond acceptors (Lipinski definition) is 7. The van der Waals surface area contributed by atoms with Crippen molar-refractivity contribution in [1.82, 2.24) is 19.8 Å². The van der Waals surface area contributed by atoms with Gasteiger partial charge < -0.3 is 14.4 Å². The Bertz CT molecular complexity index is 822. The van der Waals surface area contributed by atoms with E-state index < -0.39 is 0 Å². The third kappa shape index (κ3) is 5.90. The van der Waals surface area contributed by atoms with E-state index in [1.54, 1.807) is 26.0 Å². The number of likely N-dealkylation sites (tertiary alicyclic amines) is 2. The highest BCUT2D eigenvalue weighted by molar-refractivity contribution is 7.99. The Morgan fingerprint density at radius 3 is 2.48 bits per heavy atom. The molecule has 1 unspecified atom stereocenters. The lowest BCUT2D eigenvalue weighted by molar-refractivity contribution is 0.193. The number of methoxy groups -OCH3 is 2. The van der Waals surface area contributed by atoms with E-state index in [-0.39, 0.29) is 0 Å². The minimum absolute atomic E-state index is 0.440. The molecule has 2 aliphatic heterocycles. The number of ether oxygens (including phenoxy) is 2. The summed E-state index contributed by atoms with van der Waals surface area (Å²) >= 11 is 1.79. The number of thioether (sulfide) groups is 1. The number of aromatic nitrogens is 2. The van der Waals surface area contributed by atoms with Gasteiger partial charge in [-0.1, -0.05) is 17.8 Å². The molecule has 0 spiro atoms. The molecule has 3 heterocycles. The molecular formula is C24H34N4O2S. The number of nitrogens with zero attached hydrogens (tertiary/aromatic N) is 4. The van der Waals surface area contributed by atoms with E-state index in [1.807, 2.05) is 24.4 Å². The summed E-state index contributed by atoms with van der Waals surface area (Å²) in [5.41, 5.74) is 2.30. The summed E-state index contributed by atoms with van der Waals surface area (Å²) in [5.74, 6) is 3.28. The third-order valence-corrected chi connectivity index (χ3v) is 7.17. The largest absolute Gasteiger partial charge is 0.496 e. The van der Waals surface area contributed by atoms with Crippen LogP contribution in [0, 0.1) is 0 Å². The van der Waals surface area contributed by atoms with E-state index in [9.17, 15) is 0 Å². The molecule has 2 aliphatic rings. The molecule has 0 aliphatic carbocycles. The molecule has 31 heavy (non-hydrogen) atoms. The van der Waals surface area contributed by atoms with Crippen molar-refractivity contribution in [3.8, 4) is 11.5 Å². The normalized spacial score (nSPS) is 20.1. The van der Waals surface area contributed by atoms with E-state index >= 15 is 0 Å². The molecule has 0 saturated carbocycles. The van der Waals surface area contributed by atoms with Crippen molar-refractivity contribution in [2.24, 2.45) is 0 Å². The van der Waals surface area contributed by atoms with Gasteiger partial charge in [0.15, 0.2) is 5.16 Å². The molecule has 1 aromatic heterocycles. The van der Waals surface area contributed by atoms with Gasteiger partial charge in [-0.25, -0.2) is 9.97 Å². The Labute approximate surface area is 190 Å². The molecule has 7 heteroatoms. The van der Waals surface area contributed by atoms with Crippen molar-refractivity contribution in [3.63, 3.8) is 0 Å². The topological polar surface area (TPSA) is 50.7 Å². The first kappa shape index (κ1) is 22.4. The summed E-state index contributed by atoms with van der Waals surface area (Å²) in [6.07, 6.45) is 6.96. The van der Waals surface area contributed by atoms with Gasteiger partial charge in [0.2, 0.25) is 0 Å². The Hall–Kier alpha value is -1.83. The Morgan fingerprint density at radius 2 is 1.74 bits per heavy atom. The van der Waals surface area contributed by atoms with Crippen LogP contribution in [0.3, 0.4) is 0 Å². The van der Waals surface area contributed by atoms with Gasteiger partial charge in [0.05, 0.1) is 19.8 Å². The van der Waals surface area contributed by atoms with E-state index in [1.165, 1.54) is 44.5 Å². The molecule has 2 aromatic rings. The van der Waals surface area contributed by atoms with Crippen LogP contribution in [-0.2, 0) is 6.54 Å². The molecule has 0 bridgehead atoms. The van der Waals surface area contributed by atoms with Crippen molar-refractivity contribution in [2.75, 3.05) is 52.7 Å². The van der Waals surface area contributed by atoms with Crippen LogP contribution in [0.4, 0.5) is 0 Å². The fourth-order valence-electron chi connectivity index (χ4n) is 4.67. The van der Waals surface area contributed by atoms with Gasteiger partial charge in [-0.2, -0.15) is 0 Å². The maximum atomic E-state index is 5.60. The number of rotatable bonds is 9. The van der Waals surface area contributed by atoms with Crippen LogP contribution in [0.5, 0.6) is 11.5 Å². The maximum absolute atomic E-state index is 5.60. The van der Waals surface area contributed by atoms with Gasteiger partial charge in [0, 0.05) is 43.2 Å². The first-order valence-electron chi connectivity index (χ1n) is 11.4. The molecule has 0 N–H and O–H groups in total. The SMILES string of the molecule is COc1cccc(OC)c1CN1CCCC(c2ccnc(SCCN3CCCC3)n2)C1. The summed E-state index contributed by atoms with van der Waals surface area (Å²) in [7, 11) is 3.45. The number of benzene rings is 1. The van der Waals surface area contributed by atoms with Crippen LogP contribution in [-0.4, -0.2) is 72.5 Å². The van der Waals surface area contributed by atoms with Crippen molar-refractivity contribution >= 4 is 11.8 Å². The Kier molecular flexibility index (Phi) is 8.05. The zero-order chi connectivity index (χ0) is 21.5. The lowest BCUT2D eigenvalue weighted by Gasteiger charge is -2.33. The second-order valence-corrected chi connectivity index (χ2v) is 9.44. The highest BCUT2D eigenvalue weighted by Crippen LogP contribution is 2.33. The second-order valence-electron chi connectivity index (χ2n) is 8.38. The summed E-state index contributed by atoms with van der Waals surface area (Å²) < 4.78 is 11.2. The molecule has 0 amide bonds. The smallest absolute Gasteiger partial charge is 0.187 e. The molecule has 2 fully saturated rings. The first-order valence-corrected chi connectivity index (χ1v) is 12.4. The summed E-state index contributed by atoms with van der Waals surface area (Å²) in [6, 6.07) is 8.09. The number of piperidine rings is 1. The predicted molar refractivity (Wildman–Crippen MR) is 125 cm³/mol. The van der Waals surface area contributed by atoms with Crippen LogP contribution in [0.1, 0.15) is 42.9 Å². The summed E-state index contributed by atoms with van der Waals surface area (Å²) in [6.45, 7) is 6.53. The molecule has 6 nitrogen and oxygen atoms in total. The molecule has 4 rings (SSSR count). The molecule has 1 atom stereocenters. The van der Waals surface area contributed by atoms with Crippen LogP contribution in [0.2, 0.25) is 0 Å². The summed E-state index contributed by atoms with van der Waals surface area (Å²) in [5, 5.41) is 0.917. The average Bonchev–Trinajstić information content (AvgIpc) is 3.33. The minimum Gasteiger partial charge on any atom is -0.496 e. The van der Waals surface area contributed by atoms with Gasteiger partial charge in [-0.05, 0) is 63.5 Å². The van der Waals surface area contributed by atoms with Gasteiger partial charge >= 0.3 is 0 Å².